The second-order valence-electron chi connectivity index (χ2n) is 6.52. The van der Waals surface area contributed by atoms with Crippen LogP contribution >= 0.6 is 11.3 Å². The van der Waals surface area contributed by atoms with E-state index in [9.17, 15) is 0 Å². The van der Waals surface area contributed by atoms with E-state index in [1.165, 1.54) is 34.9 Å². The van der Waals surface area contributed by atoms with Crippen LogP contribution in [0.5, 0.6) is 0 Å². The van der Waals surface area contributed by atoms with Crippen molar-refractivity contribution in [2.75, 3.05) is 20.6 Å². The van der Waals surface area contributed by atoms with Crippen LogP contribution < -0.4 is 0 Å². The molecule has 2 bridgehead atoms. The van der Waals surface area contributed by atoms with Crippen LogP contribution in [0, 0.1) is 11.8 Å². The molecule has 0 aliphatic heterocycles. The molecule has 1 heterocycles. The van der Waals surface area contributed by atoms with Crippen LogP contribution in [-0.2, 0) is 0 Å². The van der Waals surface area contributed by atoms with Gasteiger partial charge in [0.25, 0.3) is 0 Å². The zero-order chi connectivity index (χ0) is 13.7. The molecule has 2 unspecified atom stereocenters. The summed E-state index contributed by atoms with van der Waals surface area (Å²) < 4.78 is 1.43. The molecule has 2 aliphatic carbocycles. The number of nitrogens with zero attached hydrogens (tertiary/aromatic N) is 1. The van der Waals surface area contributed by atoms with Gasteiger partial charge in [-0.15, -0.1) is 11.3 Å². The van der Waals surface area contributed by atoms with Crippen molar-refractivity contribution in [2.24, 2.45) is 11.8 Å². The first-order valence-corrected chi connectivity index (χ1v) is 8.46. The molecule has 1 saturated carbocycles. The molecule has 0 spiro atoms. The molecule has 104 valence electrons. The van der Waals surface area contributed by atoms with Gasteiger partial charge in [0, 0.05) is 11.2 Å². The highest BCUT2D eigenvalue weighted by Crippen LogP contribution is 2.53. The molecule has 1 aromatic heterocycles. The van der Waals surface area contributed by atoms with Gasteiger partial charge < -0.3 is 4.90 Å². The van der Waals surface area contributed by atoms with Crippen LogP contribution in [0.4, 0.5) is 0 Å². The maximum absolute atomic E-state index is 2.35. The molecule has 4 rings (SSSR count). The van der Waals surface area contributed by atoms with E-state index in [0.29, 0.717) is 0 Å². The van der Waals surface area contributed by atoms with Gasteiger partial charge in [-0.1, -0.05) is 12.1 Å². The number of fused-ring (bicyclic) bond motifs is 3. The van der Waals surface area contributed by atoms with Gasteiger partial charge in [0.2, 0.25) is 0 Å². The average Bonchev–Trinajstić information content (AvgIpc) is 3.12. The molecular weight excluding hydrogens is 262 g/mol. The van der Waals surface area contributed by atoms with E-state index in [4.69, 9.17) is 0 Å². The Bertz CT molecular complexity index is 680. The molecule has 0 radical (unpaired) electrons. The predicted octanol–water partition coefficient (Wildman–Crippen LogP) is 4.65. The zero-order valence-electron chi connectivity index (χ0n) is 12.2. The fraction of sp³-hybridized carbons (Fsp3) is 0.444. The highest BCUT2D eigenvalue weighted by atomic mass is 32.1. The fourth-order valence-electron chi connectivity index (χ4n) is 4.22. The third-order valence-corrected chi connectivity index (χ3v) is 5.83. The smallest absolute Gasteiger partial charge is 0.0348 e. The summed E-state index contributed by atoms with van der Waals surface area (Å²) in [6, 6.07) is 9.14. The number of hydrogen-bond acceptors (Lipinski definition) is 2. The Labute approximate surface area is 124 Å². The lowest BCUT2D eigenvalue weighted by atomic mass is 9.86. The largest absolute Gasteiger partial charge is 0.305 e. The van der Waals surface area contributed by atoms with E-state index < -0.39 is 0 Å². The minimum absolute atomic E-state index is 0.820. The first-order chi connectivity index (χ1) is 9.74. The molecule has 0 saturated heterocycles. The van der Waals surface area contributed by atoms with Gasteiger partial charge in [-0.2, -0.15) is 0 Å². The molecule has 2 aromatic rings. The van der Waals surface area contributed by atoms with Gasteiger partial charge in [-0.25, -0.2) is 0 Å². The number of benzene rings is 1. The lowest BCUT2D eigenvalue weighted by Gasteiger charge is -2.23. The fourth-order valence-corrected chi connectivity index (χ4v) is 5.03. The molecule has 1 fully saturated rings. The van der Waals surface area contributed by atoms with Crippen molar-refractivity contribution in [3.8, 4) is 0 Å². The summed E-state index contributed by atoms with van der Waals surface area (Å²) >= 11 is 1.86. The van der Waals surface area contributed by atoms with E-state index in [1.54, 1.807) is 11.1 Å². The van der Waals surface area contributed by atoms with E-state index >= 15 is 0 Å². The molecule has 2 atom stereocenters. The Kier molecular flexibility index (Phi) is 2.97. The van der Waals surface area contributed by atoms with Crippen LogP contribution in [0.2, 0.25) is 0 Å². The quantitative estimate of drug-likeness (QED) is 0.792. The Morgan fingerprint density at radius 1 is 1.15 bits per heavy atom. The summed E-state index contributed by atoms with van der Waals surface area (Å²) in [6.45, 7) is 1.14. The van der Waals surface area contributed by atoms with Crippen LogP contribution in [-0.4, -0.2) is 25.5 Å². The molecule has 1 nitrogen and oxygen atoms in total. The Morgan fingerprint density at radius 2 is 2.00 bits per heavy atom. The SMILES string of the molecule is CN(C)CC1=C(c2cccc3sccc23)C2CCC1C2. The minimum Gasteiger partial charge on any atom is -0.305 e. The van der Waals surface area contributed by atoms with Crippen LogP contribution in [0.15, 0.2) is 35.2 Å². The maximum Gasteiger partial charge on any atom is 0.0348 e. The molecule has 0 N–H and O–H groups in total. The second-order valence-corrected chi connectivity index (χ2v) is 7.47. The number of allylic oxidation sites excluding steroid dienone is 1. The lowest BCUT2D eigenvalue weighted by molar-refractivity contribution is 0.423. The summed E-state index contributed by atoms with van der Waals surface area (Å²) in [5.74, 6) is 1.67. The van der Waals surface area contributed by atoms with Crippen molar-refractivity contribution < 1.29 is 0 Å². The summed E-state index contributed by atoms with van der Waals surface area (Å²) in [4.78, 5) is 2.34. The molecule has 20 heavy (non-hydrogen) atoms. The highest BCUT2D eigenvalue weighted by molar-refractivity contribution is 7.17. The Balaban J connectivity index is 1.90. The molecule has 2 heteroatoms. The van der Waals surface area contributed by atoms with Gasteiger partial charge in [-0.05, 0) is 84.8 Å². The highest BCUT2D eigenvalue weighted by Gasteiger charge is 2.39. The molecule has 2 aliphatic rings. The number of likely N-dealkylation sites (N-methyl/N-ethyl adjacent to an activating group) is 1. The predicted molar refractivity (Wildman–Crippen MR) is 88.1 cm³/mol. The van der Waals surface area contributed by atoms with E-state index in [-0.39, 0.29) is 0 Å². The van der Waals surface area contributed by atoms with Crippen molar-refractivity contribution in [2.45, 2.75) is 19.3 Å². The Hall–Kier alpha value is -1.12. The summed E-state index contributed by atoms with van der Waals surface area (Å²) in [5, 5.41) is 3.70. The summed E-state index contributed by atoms with van der Waals surface area (Å²) in [6.07, 6.45) is 4.22. The van der Waals surface area contributed by atoms with Crippen molar-refractivity contribution in [1.82, 2.24) is 4.90 Å². The van der Waals surface area contributed by atoms with Crippen LogP contribution in [0.3, 0.4) is 0 Å². The normalized spacial score (nSPS) is 25.4. The van der Waals surface area contributed by atoms with Crippen molar-refractivity contribution in [3.63, 3.8) is 0 Å². The van der Waals surface area contributed by atoms with Crippen molar-refractivity contribution in [3.05, 3.63) is 40.8 Å². The van der Waals surface area contributed by atoms with Crippen LogP contribution in [0.25, 0.3) is 15.7 Å². The summed E-state index contributed by atoms with van der Waals surface area (Å²) in [7, 11) is 4.39. The van der Waals surface area contributed by atoms with E-state index in [0.717, 1.165) is 18.4 Å². The third kappa shape index (κ3) is 1.86. The maximum atomic E-state index is 2.35. The van der Waals surface area contributed by atoms with Crippen molar-refractivity contribution >= 4 is 27.0 Å². The first-order valence-electron chi connectivity index (χ1n) is 7.58. The number of thiophene rings is 1. The monoisotopic (exact) mass is 283 g/mol. The van der Waals surface area contributed by atoms with E-state index in [1.807, 2.05) is 11.3 Å². The average molecular weight is 283 g/mol. The Morgan fingerprint density at radius 3 is 2.85 bits per heavy atom. The van der Waals surface area contributed by atoms with Crippen LogP contribution in [0.1, 0.15) is 24.8 Å². The zero-order valence-corrected chi connectivity index (χ0v) is 13.0. The molecular formula is C18H21NS. The van der Waals surface area contributed by atoms with Gasteiger partial charge >= 0.3 is 0 Å². The van der Waals surface area contributed by atoms with Gasteiger partial charge in [0.15, 0.2) is 0 Å². The van der Waals surface area contributed by atoms with Gasteiger partial charge in [-0.3, -0.25) is 0 Å². The standard InChI is InChI=1S/C18H21NS/c1-19(2)11-16-12-6-7-13(10-12)18(16)15-4-3-5-17-14(15)8-9-20-17/h3-5,8-9,12-13H,6-7,10-11H2,1-2H3. The lowest BCUT2D eigenvalue weighted by Crippen LogP contribution is -2.19. The molecule has 1 aromatic carbocycles. The third-order valence-electron chi connectivity index (χ3n) is 4.95. The number of rotatable bonds is 3. The topological polar surface area (TPSA) is 3.24 Å². The number of hydrogen-bond donors (Lipinski definition) is 0. The summed E-state index contributed by atoms with van der Waals surface area (Å²) in [5.41, 5.74) is 4.94. The first kappa shape index (κ1) is 12.6. The minimum atomic E-state index is 0.820. The van der Waals surface area contributed by atoms with Crippen molar-refractivity contribution in [1.29, 1.82) is 0 Å². The van der Waals surface area contributed by atoms with E-state index in [2.05, 4.69) is 48.6 Å². The van der Waals surface area contributed by atoms with Gasteiger partial charge in [0.1, 0.15) is 0 Å². The van der Waals surface area contributed by atoms with Gasteiger partial charge in [0.05, 0.1) is 0 Å². The second kappa shape index (κ2) is 4.71. The molecule has 0 amide bonds.